The summed E-state index contributed by atoms with van der Waals surface area (Å²) in [4.78, 5) is 0. The number of hydrogen-bond acceptors (Lipinski definition) is 3. The van der Waals surface area contributed by atoms with Gasteiger partial charge in [-0.1, -0.05) is 11.5 Å². The van der Waals surface area contributed by atoms with Crippen LogP contribution in [-0.2, 0) is 9.31 Å². The van der Waals surface area contributed by atoms with Crippen LogP contribution < -0.4 is 0 Å². The van der Waals surface area contributed by atoms with Crippen LogP contribution in [0, 0.1) is 11.3 Å². The Morgan fingerprint density at radius 1 is 1.24 bits per heavy atom. The minimum atomic E-state index is -0.277. The zero-order chi connectivity index (χ0) is 13.1. The monoisotopic (exact) mass is 235 g/mol. The Labute approximate surface area is 105 Å². The van der Waals surface area contributed by atoms with Gasteiger partial charge in [0.15, 0.2) is 0 Å². The maximum Gasteiger partial charge on any atom is 0.487 e. The van der Waals surface area contributed by atoms with Crippen molar-refractivity contribution in [2.45, 2.75) is 65.1 Å². The molecule has 1 saturated heterocycles. The van der Waals surface area contributed by atoms with Crippen molar-refractivity contribution in [1.82, 2.24) is 0 Å². The number of unbranched alkanes of at least 4 members (excludes halogenated alkanes) is 1. The van der Waals surface area contributed by atoms with Crippen molar-refractivity contribution in [2.24, 2.45) is 0 Å². The fourth-order valence-corrected chi connectivity index (χ4v) is 1.72. The summed E-state index contributed by atoms with van der Waals surface area (Å²) in [6, 6.07) is 2.15. The van der Waals surface area contributed by atoms with Gasteiger partial charge >= 0.3 is 7.12 Å². The lowest BCUT2D eigenvalue weighted by molar-refractivity contribution is 0.00578. The molecule has 1 rings (SSSR count). The van der Waals surface area contributed by atoms with Gasteiger partial charge < -0.3 is 9.31 Å². The molecule has 0 aliphatic carbocycles. The van der Waals surface area contributed by atoms with E-state index in [1.54, 1.807) is 0 Å². The van der Waals surface area contributed by atoms with Gasteiger partial charge in [0.2, 0.25) is 0 Å². The van der Waals surface area contributed by atoms with E-state index < -0.39 is 0 Å². The van der Waals surface area contributed by atoms with Crippen molar-refractivity contribution >= 4 is 7.12 Å². The van der Waals surface area contributed by atoms with Gasteiger partial charge in [0.05, 0.1) is 17.3 Å². The van der Waals surface area contributed by atoms with E-state index in [0.29, 0.717) is 6.42 Å². The highest BCUT2D eigenvalue weighted by atomic mass is 16.7. The quantitative estimate of drug-likeness (QED) is 0.554. The van der Waals surface area contributed by atoms with E-state index in [1.165, 1.54) is 5.57 Å². The van der Waals surface area contributed by atoms with E-state index >= 15 is 0 Å². The predicted molar refractivity (Wildman–Crippen MR) is 69.3 cm³/mol. The van der Waals surface area contributed by atoms with Crippen molar-refractivity contribution in [1.29, 1.82) is 5.26 Å². The topological polar surface area (TPSA) is 42.2 Å². The normalized spacial score (nSPS) is 22.6. The minimum absolute atomic E-state index is 0.262. The van der Waals surface area contributed by atoms with Gasteiger partial charge in [0.25, 0.3) is 0 Å². The SMILES string of the molecule is C/C(=C\B1OC(C)(C)C(C)(C)O1)CCCC#N. The van der Waals surface area contributed by atoms with Crippen LogP contribution in [0.4, 0.5) is 0 Å². The Balaban J connectivity index is 2.55. The molecule has 1 fully saturated rings. The molecule has 0 aromatic heterocycles. The lowest BCUT2D eigenvalue weighted by atomic mass is 9.86. The second-order valence-corrected chi connectivity index (χ2v) is 5.65. The van der Waals surface area contributed by atoms with Gasteiger partial charge in [-0.25, -0.2) is 0 Å². The van der Waals surface area contributed by atoms with Crippen LogP contribution in [-0.4, -0.2) is 18.3 Å². The molecule has 0 aromatic rings. The first kappa shape index (κ1) is 14.3. The van der Waals surface area contributed by atoms with Gasteiger partial charge in [-0.2, -0.15) is 5.26 Å². The summed E-state index contributed by atoms with van der Waals surface area (Å²) in [5.74, 6) is 2.02. The molecule has 0 aromatic carbocycles. The smallest absolute Gasteiger partial charge is 0.400 e. The average molecular weight is 235 g/mol. The second kappa shape index (κ2) is 5.24. The van der Waals surface area contributed by atoms with Gasteiger partial charge in [-0.15, -0.1) is 0 Å². The second-order valence-electron chi connectivity index (χ2n) is 5.65. The van der Waals surface area contributed by atoms with Crippen molar-refractivity contribution in [3.05, 3.63) is 11.5 Å². The Bertz CT molecular complexity index is 326. The molecule has 1 aliphatic heterocycles. The third kappa shape index (κ3) is 3.59. The van der Waals surface area contributed by atoms with E-state index in [1.807, 2.05) is 33.7 Å². The number of hydrogen-bond donors (Lipinski definition) is 0. The first-order valence-corrected chi connectivity index (χ1v) is 6.18. The van der Waals surface area contributed by atoms with E-state index in [-0.39, 0.29) is 18.3 Å². The number of nitrogens with zero attached hydrogens (tertiary/aromatic N) is 1. The molecular formula is C13H22BNO2. The lowest BCUT2D eigenvalue weighted by Crippen LogP contribution is -2.41. The Morgan fingerprint density at radius 2 is 1.76 bits per heavy atom. The van der Waals surface area contributed by atoms with Crippen LogP contribution in [0.1, 0.15) is 53.9 Å². The van der Waals surface area contributed by atoms with E-state index in [2.05, 4.69) is 13.0 Å². The van der Waals surface area contributed by atoms with Crippen LogP contribution in [0.15, 0.2) is 11.5 Å². The number of rotatable bonds is 4. The molecule has 0 unspecified atom stereocenters. The number of allylic oxidation sites excluding steroid dienone is 1. The predicted octanol–water partition coefficient (Wildman–Crippen LogP) is 3.26. The summed E-state index contributed by atoms with van der Waals surface area (Å²) in [6.45, 7) is 10.2. The zero-order valence-corrected chi connectivity index (χ0v) is 11.5. The van der Waals surface area contributed by atoms with E-state index in [4.69, 9.17) is 14.6 Å². The van der Waals surface area contributed by atoms with Crippen LogP contribution in [0.5, 0.6) is 0 Å². The molecule has 0 spiro atoms. The zero-order valence-electron chi connectivity index (χ0n) is 11.5. The molecule has 0 saturated carbocycles. The summed E-state index contributed by atoms with van der Waals surface area (Å²) in [7, 11) is -0.262. The molecule has 17 heavy (non-hydrogen) atoms. The highest BCUT2D eigenvalue weighted by Gasteiger charge is 2.50. The summed E-state index contributed by atoms with van der Waals surface area (Å²) < 4.78 is 11.8. The van der Waals surface area contributed by atoms with Gasteiger partial charge in [-0.3, -0.25) is 0 Å². The van der Waals surface area contributed by atoms with Crippen molar-refractivity contribution in [3.8, 4) is 6.07 Å². The molecule has 3 nitrogen and oxygen atoms in total. The fourth-order valence-electron chi connectivity index (χ4n) is 1.72. The summed E-state index contributed by atoms with van der Waals surface area (Å²) in [5.41, 5.74) is 0.668. The van der Waals surface area contributed by atoms with Crippen molar-refractivity contribution in [3.63, 3.8) is 0 Å². The third-order valence-electron chi connectivity index (χ3n) is 3.55. The van der Waals surface area contributed by atoms with E-state index in [0.717, 1.165) is 12.8 Å². The van der Waals surface area contributed by atoms with Gasteiger partial charge in [0, 0.05) is 6.42 Å². The van der Waals surface area contributed by atoms with Crippen LogP contribution >= 0.6 is 0 Å². The van der Waals surface area contributed by atoms with Crippen molar-refractivity contribution in [2.75, 3.05) is 0 Å². The van der Waals surface area contributed by atoms with Crippen LogP contribution in [0.3, 0.4) is 0 Å². The summed E-state index contributed by atoms with van der Waals surface area (Å²) in [5, 5.41) is 8.48. The van der Waals surface area contributed by atoms with Gasteiger partial charge in [-0.05, 0) is 47.5 Å². The summed E-state index contributed by atoms with van der Waals surface area (Å²) in [6.07, 6.45) is 2.44. The van der Waals surface area contributed by atoms with Crippen molar-refractivity contribution < 1.29 is 9.31 Å². The summed E-state index contributed by atoms with van der Waals surface area (Å²) >= 11 is 0. The molecular weight excluding hydrogens is 213 g/mol. The van der Waals surface area contributed by atoms with Gasteiger partial charge in [0.1, 0.15) is 0 Å². The highest BCUT2D eigenvalue weighted by Crippen LogP contribution is 2.37. The van der Waals surface area contributed by atoms with Crippen LogP contribution in [0.25, 0.3) is 0 Å². The van der Waals surface area contributed by atoms with Crippen LogP contribution in [0.2, 0.25) is 0 Å². The first-order valence-electron chi connectivity index (χ1n) is 6.18. The maximum atomic E-state index is 8.48. The standard InChI is InChI=1S/C13H22BNO2/c1-11(8-6-7-9-15)10-14-16-12(2,3)13(4,5)17-14/h10H,6-8H2,1-5H3/b11-10+. The average Bonchev–Trinajstić information content (AvgIpc) is 2.35. The highest BCUT2D eigenvalue weighted by molar-refractivity contribution is 6.51. The first-order chi connectivity index (χ1) is 7.78. The molecule has 1 heterocycles. The molecule has 0 bridgehead atoms. The lowest BCUT2D eigenvalue weighted by Gasteiger charge is -2.32. The fraction of sp³-hybridized carbons (Fsp3) is 0.769. The molecule has 4 heteroatoms. The Morgan fingerprint density at radius 3 is 2.24 bits per heavy atom. The molecule has 0 amide bonds. The maximum absolute atomic E-state index is 8.48. The third-order valence-corrected chi connectivity index (χ3v) is 3.55. The van der Waals surface area contributed by atoms with E-state index in [9.17, 15) is 0 Å². The largest absolute Gasteiger partial charge is 0.487 e. The molecule has 0 atom stereocenters. The molecule has 1 aliphatic rings. The molecule has 0 N–H and O–H groups in total. The minimum Gasteiger partial charge on any atom is -0.400 e. The Kier molecular flexibility index (Phi) is 4.40. The Hall–Kier alpha value is -0.785. The number of nitriles is 1. The molecule has 0 radical (unpaired) electrons. The molecule has 94 valence electrons.